The van der Waals surface area contributed by atoms with Crippen molar-refractivity contribution in [3.05, 3.63) is 92.1 Å². The van der Waals surface area contributed by atoms with Crippen LogP contribution in [0.5, 0.6) is 5.88 Å². The lowest BCUT2D eigenvalue weighted by Crippen LogP contribution is -2.33. The molecule has 1 atom stereocenters. The first-order chi connectivity index (χ1) is 12.9. The van der Waals surface area contributed by atoms with Crippen molar-refractivity contribution in [1.82, 2.24) is 9.55 Å². The number of H-pyrrole nitrogens is 1. The molecule has 0 radical (unpaired) electrons. The highest BCUT2D eigenvalue weighted by Crippen LogP contribution is 2.22. The number of para-hydroxylation sites is 1. The average Bonchev–Trinajstić information content (AvgIpc) is 2.63. The third-order valence-electron chi connectivity index (χ3n) is 4.47. The third-order valence-corrected chi connectivity index (χ3v) is 4.47. The van der Waals surface area contributed by atoms with Gasteiger partial charge in [-0.3, -0.25) is 14.8 Å². The molecule has 138 valence electrons. The lowest BCUT2D eigenvalue weighted by molar-refractivity contribution is 0.429. The van der Waals surface area contributed by atoms with Crippen molar-refractivity contribution in [1.29, 1.82) is 0 Å². The fraction of sp³-hybridized carbons (Fsp3) is 0.190. The van der Waals surface area contributed by atoms with Gasteiger partial charge in [-0.05, 0) is 38.0 Å². The molecule has 1 heterocycles. The second kappa shape index (κ2) is 7.45. The van der Waals surface area contributed by atoms with E-state index in [-0.39, 0.29) is 11.6 Å². The maximum absolute atomic E-state index is 12.4. The zero-order valence-electron chi connectivity index (χ0n) is 15.4. The van der Waals surface area contributed by atoms with Gasteiger partial charge in [-0.2, -0.15) is 0 Å². The summed E-state index contributed by atoms with van der Waals surface area (Å²) in [5.41, 5.74) is 1.26. The normalized spacial score (nSPS) is 12.8. The number of aromatic amines is 1. The summed E-state index contributed by atoms with van der Waals surface area (Å²) in [6.07, 6.45) is 0. The Bertz CT molecular complexity index is 1110. The minimum Gasteiger partial charge on any atom is -0.493 e. The Labute approximate surface area is 156 Å². The lowest BCUT2D eigenvalue weighted by Gasteiger charge is -2.14. The molecule has 2 aromatic carbocycles. The molecule has 6 nitrogen and oxygen atoms in total. The molecule has 0 bridgehead atoms. The van der Waals surface area contributed by atoms with Crippen LogP contribution in [0.3, 0.4) is 0 Å². The fourth-order valence-electron chi connectivity index (χ4n) is 3.05. The molecule has 0 amide bonds. The Balaban J connectivity index is 2.15. The average molecular weight is 363 g/mol. The van der Waals surface area contributed by atoms with E-state index in [9.17, 15) is 14.7 Å². The molecule has 0 saturated heterocycles. The van der Waals surface area contributed by atoms with Gasteiger partial charge in [0, 0.05) is 0 Å². The van der Waals surface area contributed by atoms with E-state index in [2.05, 4.69) is 9.98 Å². The van der Waals surface area contributed by atoms with Gasteiger partial charge in [0.1, 0.15) is 5.56 Å². The van der Waals surface area contributed by atoms with Gasteiger partial charge in [0.2, 0.25) is 5.88 Å². The maximum Gasteiger partial charge on any atom is 0.335 e. The molecule has 0 aliphatic heterocycles. The number of aromatic nitrogens is 2. The number of aliphatic imine (C=N–C) groups is 1. The summed E-state index contributed by atoms with van der Waals surface area (Å²) in [6, 6.07) is 16.6. The topological polar surface area (TPSA) is 87.4 Å². The summed E-state index contributed by atoms with van der Waals surface area (Å²) in [6.45, 7) is 5.38. The van der Waals surface area contributed by atoms with Crippen LogP contribution in [0, 0.1) is 6.92 Å². The van der Waals surface area contributed by atoms with Gasteiger partial charge in [-0.25, -0.2) is 9.36 Å². The molecule has 0 aliphatic rings. The van der Waals surface area contributed by atoms with Gasteiger partial charge < -0.3 is 5.11 Å². The zero-order chi connectivity index (χ0) is 19.6. The Hall–Kier alpha value is -3.41. The van der Waals surface area contributed by atoms with Crippen LogP contribution < -0.4 is 11.2 Å². The Kier molecular flexibility index (Phi) is 5.07. The quantitative estimate of drug-likeness (QED) is 0.698. The highest BCUT2D eigenvalue weighted by atomic mass is 16.3. The van der Waals surface area contributed by atoms with E-state index in [1.807, 2.05) is 56.3 Å². The van der Waals surface area contributed by atoms with Crippen molar-refractivity contribution in [3.8, 4) is 11.6 Å². The van der Waals surface area contributed by atoms with Crippen LogP contribution in [-0.2, 0) is 0 Å². The van der Waals surface area contributed by atoms with Crippen molar-refractivity contribution in [2.75, 3.05) is 0 Å². The van der Waals surface area contributed by atoms with Crippen LogP contribution in [0.25, 0.3) is 5.69 Å². The SMILES string of the molecule is CC(=N[C@@H](C)c1ccccc1)c1c(O)n(-c2ccccc2C)c(=O)[nH]c1=O. The Morgan fingerprint density at radius 3 is 2.37 bits per heavy atom. The summed E-state index contributed by atoms with van der Waals surface area (Å²) in [5, 5.41) is 10.7. The van der Waals surface area contributed by atoms with Crippen LogP contribution in [0.4, 0.5) is 0 Å². The number of hydrogen-bond donors (Lipinski definition) is 2. The first-order valence-corrected chi connectivity index (χ1v) is 8.64. The number of nitrogens with one attached hydrogen (secondary N) is 1. The van der Waals surface area contributed by atoms with Crippen LogP contribution in [0.2, 0.25) is 0 Å². The number of aromatic hydroxyl groups is 1. The van der Waals surface area contributed by atoms with Crippen molar-refractivity contribution in [2.24, 2.45) is 4.99 Å². The van der Waals surface area contributed by atoms with Gasteiger partial charge >= 0.3 is 5.69 Å². The molecule has 27 heavy (non-hydrogen) atoms. The van der Waals surface area contributed by atoms with Gasteiger partial charge in [-0.1, -0.05) is 48.5 Å². The van der Waals surface area contributed by atoms with Gasteiger partial charge in [-0.15, -0.1) is 0 Å². The number of hydrogen-bond acceptors (Lipinski definition) is 4. The molecular weight excluding hydrogens is 342 g/mol. The van der Waals surface area contributed by atoms with Crippen molar-refractivity contribution in [2.45, 2.75) is 26.8 Å². The molecule has 0 spiro atoms. The second-order valence-corrected chi connectivity index (χ2v) is 6.38. The number of aryl methyl sites for hydroxylation is 1. The summed E-state index contributed by atoms with van der Waals surface area (Å²) < 4.78 is 1.10. The highest BCUT2D eigenvalue weighted by Gasteiger charge is 2.19. The predicted molar refractivity (Wildman–Crippen MR) is 106 cm³/mol. The largest absolute Gasteiger partial charge is 0.493 e. The van der Waals surface area contributed by atoms with E-state index >= 15 is 0 Å². The Morgan fingerprint density at radius 1 is 1.07 bits per heavy atom. The summed E-state index contributed by atoms with van der Waals surface area (Å²) in [7, 11) is 0. The van der Waals surface area contributed by atoms with Gasteiger partial charge in [0.15, 0.2) is 0 Å². The minimum atomic E-state index is -0.695. The van der Waals surface area contributed by atoms with E-state index in [4.69, 9.17) is 0 Å². The van der Waals surface area contributed by atoms with Crippen LogP contribution >= 0.6 is 0 Å². The van der Waals surface area contributed by atoms with Crippen molar-refractivity contribution < 1.29 is 5.11 Å². The van der Waals surface area contributed by atoms with E-state index < -0.39 is 17.1 Å². The second-order valence-electron chi connectivity index (χ2n) is 6.38. The van der Waals surface area contributed by atoms with Crippen LogP contribution in [0.1, 0.15) is 36.6 Å². The first kappa shape index (κ1) is 18.4. The molecule has 0 saturated carbocycles. The molecule has 1 aromatic heterocycles. The van der Waals surface area contributed by atoms with Gasteiger partial charge in [0.25, 0.3) is 5.56 Å². The first-order valence-electron chi connectivity index (χ1n) is 8.64. The van der Waals surface area contributed by atoms with Crippen molar-refractivity contribution in [3.63, 3.8) is 0 Å². The Morgan fingerprint density at radius 2 is 1.70 bits per heavy atom. The smallest absolute Gasteiger partial charge is 0.335 e. The molecule has 3 rings (SSSR count). The standard InChI is InChI=1S/C21H21N3O3/c1-13-9-7-8-12-17(13)24-20(26)18(19(25)23-21(24)27)15(3)22-14(2)16-10-5-4-6-11-16/h4-12,14,26H,1-3H3,(H,23,25,27)/t14-/m0/s1. The number of nitrogens with zero attached hydrogens (tertiary/aromatic N) is 2. The zero-order valence-corrected chi connectivity index (χ0v) is 15.4. The highest BCUT2D eigenvalue weighted by molar-refractivity contribution is 6.00. The van der Waals surface area contributed by atoms with E-state index in [0.29, 0.717) is 11.4 Å². The van der Waals surface area contributed by atoms with E-state index in [1.165, 1.54) is 0 Å². The summed E-state index contributed by atoms with van der Waals surface area (Å²) >= 11 is 0. The number of rotatable bonds is 4. The molecule has 2 N–H and O–H groups in total. The molecule has 0 fully saturated rings. The van der Waals surface area contributed by atoms with E-state index in [0.717, 1.165) is 15.7 Å². The molecule has 6 heteroatoms. The maximum atomic E-state index is 12.4. The monoisotopic (exact) mass is 363 g/mol. The minimum absolute atomic E-state index is 0.0133. The summed E-state index contributed by atoms with van der Waals surface area (Å²) in [5.74, 6) is -0.417. The third kappa shape index (κ3) is 3.60. The van der Waals surface area contributed by atoms with Crippen molar-refractivity contribution >= 4 is 5.71 Å². The fourth-order valence-corrected chi connectivity index (χ4v) is 3.05. The van der Waals surface area contributed by atoms with Crippen LogP contribution in [0.15, 0.2) is 69.2 Å². The van der Waals surface area contributed by atoms with Crippen LogP contribution in [-0.4, -0.2) is 20.4 Å². The molecular formula is C21H21N3O3. The predicted octanol–water partition coefficient (Wildman–Crippen LogP) is 3.11. The number of benzene rings is 2. The molecule has 0 unspecified atom stereocenters. The van der Waals surface area contributed by atoms with E-state index in [1.54, 1.807) is 19.1 Å². The molecule has 0 aliphatic carbocycles. The molecule has 3 aromatic rings. The lowest BCUT2D eigenvalue weighted by atomic mass is 10.1. The summed E-state index contributed by atoms with van der Waals surface area (Å²) in [4.78, 5) is 31.5. The van der Waals surface area contributed by atoms with Gasteiger partial charge in [0.05, 0.1) is 17.4 Å².